The first kappa shape index (κ1) is 14.4. The molecule has 108 valence electrons. The molecule has 1 aliphatic heterocycles. The van der Waals surface area contributed by atoms with Gasteiger partial charge in [-0.05, 0) is 18.8 Å². The van der Waals surface area contributed by atoms with Crippen molar-refractivity contribution in [3.8, 4) is 0 Å². The lowest BCUT2D eigenvalue weighted by molar-refractivity contribution is -0.380. The van der Waals surface area contributed by atoms with E-state index in [1.165, 1.54) is 11.4 Å². The summed E-state index contributed by atoms with van der Waals surface area (Å²) in [5.74, 6) is -0.931. The van der Waals surface area contributed by atoms with Gasteiger partial charge < -0.3 is 10.0 Å². The third-order valence-electron chi connectivity index (χ3n) is 3.38. The van der Waals surface area contributed by atoms with Crippen LogP contribution in [0, 0.1) is 16.0 Å². The van der Waals surface area contributed by atoms with Gasteiger partial charge in [-0.1, -0.05) is 11.3 Å². The van der Waals surface area contributed by atoms with E-state index in [0.29, 0.717) is 31.5 Å². The van der Waals surface area contributed by atoms with Crippen molar-refractivity contribution >= 4 is 28.2 Å². The largest absolute Gasteiger partial charge is 0.481 e. The van der Waals surface area contributed by atoms with Crippen LogP contribution in [0.2, 0.25) is 0 Å². The van der Waals surface area contributed by atoms with Gasteiger partial charge in [-0.25, -0.2) is 0 Å². The van der Waals surface area contributed by atoms with Gasteiger partial charge in [-0.3, -0.25) is 19.7 Å². The molecule has 0 bridgehead atoms. The van der Waals surface area contributed by atoms with E-state index in [9.17, 15) is 19.7 Å². The summed E-state index contributed by atoms with van der Waals surface area (Å²) in [6.45, 7) is 1.00. The first-order valence-corrected chi connectivity index (χ1v) is 7.09. The zero-order valence-corrected chi connectivity index (χ0v) is 11.5. The zero-order valence-electron chi connectivity index (χ0n) is 10.7. The Kier molecular flexibility index (Phi) is 4.33. The molecule has 1 amide bonds. The van der Waals surface area contributed by atoms with Crippen molar-refractivity contribution in [2.24, 2.45) is 5.92 Å². The molecule has 1 N–H and O–H groups in total. The molecule has 0 atom stereocenters. The number of aliphatic carboxylic acids is 1. The van der Waals surface area contributed by atoms with E-state index in [2.05, 4.69) is 0 Å². The highest BCUT2D eigenvalue weighted by molar-refractivity contribution is 7.13. The maximum Gasteiger partial charge on any atom is 0.324 e. The molecule has 1 saturated heterocycles. The van der Waals surface area contributed by atoms with Gasteiger partial charge in [-0.15, -0.1) is 0 Å². The van der Waals surface area contributed by atoms with E-state index in [0.717, 1.165) is 11.3 Å². The summed E-state index contributed by atoms with van der Waals surface area (Å²) in [7, 11) is 0. The number of carbonyl (C=O) groups is 2. The fraction of sp³-hybridized carbons (Fsp3) is 0.500. The summed E-state index contributed by atoms with van der Waals surface area (Å²) < 4.78 is 0. The van der Waals surface area contributed by atoms with Gasteiger partial charge in [0.25, 0.3) is 5.91 Å². The molecule has 1 aliphatic rings. The quantitative estimate of drug-likeness (QED) is 0.676. The number of carboxylic acids is 1. The van der Waals surface area contributed by atoms with Gasteiger partial charge in [0.15, 0.2) is 0 Å². The molecule has 1 aromatic heterocycles. The number of likely N-dealkylation sites (tertiary alicyclic amines) is 1. The van der Waals surface area contributed by atoms with Crippen LogP contribution in [0.1, 0.15) is 29.6 Å². The van der Waals surface area contributed by atoms with Crippen LogP contribution in [0.4, 0.5) is 5.00 Å². The molecule has 1 aromatic rings. The molecule has 2 heterocycles. The topological polar surface area (TPSA) is 101 Å². The van der Waals surface area contributed by atoms with E-state index >= 15 is 0 Å². The third kappa shape index (κ3) is 3.32. The van der Waals surface area contributed by atoms with Crippen LogP contribution in [-0.4, -0.2) is 39.9 Å². The Morgan fingerprint density at radius 2 is 2.10 bits per heavy atom. The van der Waals surface area contributed by atoms with E-state index in [-0.39, 0.29) is 23.2 Å². The van der Waals surface area contributed by atoms with Crippen LogP contribution < -0.4 is 0 Å². The van der Waals surface area contributed by atoms with E-state index in [1.54, 1.807) is 4.90 Å². The molecule has 2 rings (SSSR count). The lowest BCUT2D eigenvalue weighted by Gasteiger charge is -2.31. The maximum atomic E-state index is 12.2. The maximum absolute atomic E-state index is 12.2. The highest BCUT2D eigenvalue weighted by Crippen LogP contribution is 2.26. The number of thiophene rings is 1. The van der Waals surface area contributed by atoms with Crippen molar-refractivity contribution in [3.63, 3.8) is 0 Å². The highest BCUT2D eigenvalue weighted by atomic mass is 32.1. The van der Waals surface area contributed by atoms with E-state index in [1.807, 2.05) is 0 Å². The van der Waals surface area contributed by atoms with E-state index < -0.39 is 10.9 Å². The normalized spacial score (nSPS) is 16.1. The Hall–Kier alpha value is -1.96. The van der Waals surface area contributed by atoms with Gasteiger partial charge in [-0.2, -0.15) is 0 Å². The molecule has 0 unspecified atom stereocenters. The molecule has 0 radical (unpaired) electrons. The molecule has 0 aliphatic carbocycles. The fourth-order valence-corrected chi connectivity index (χ4v) is 3.00. The second-order valence-electron chi connectivity index (χ2n) is 4.76. The molecule has 0 saturated carbocycles. The molecule has 7 nitrogen and oxygen atoms in total. The van der Waals surface area contributed by atoms with Crippen LogP contribution in [0.25, 0.3) is 0 Å². The SMILES string of the molecule is O=C(O)CC1CCN(C(=O)c2csc([N+](=O)[O-])c2)CC1. The number of nitro groups is 1. The Bertz CT molecular complexity index is 534. The standard InChI is InChI=1S/C12H14N2O5S/c15-11(16)5-8-1-3-13(4-2-8)12(17)9-6-10(14(18)19)20-7-9/h6-8H,1-5H2,(H,15,16). The summed E-state index contributed by atoms with van der Waals surface area (Å²) in [6.07, 6.45) is 1.44. The van der Waals surface area contributed by atoms with Gasteiger partial charge in [0, 0.05) is 31.0 Å². The van der Waals surface area contributed by atoms with Crippen LogP contribution in [0.15, 0.2) is 11.4 Å². The summed E-state index contributed by atoms with van der Waals surface area (Å²) >= 11 is 0.935. The number of piperidine rings is 1. The average Bonchev–Trinajstić information content (AvgIpc) is 2.88. The van der Waals surface area contributed by atoms with Crippen molar-refractivity contribution in [1.82, 2.24) is 4.90 Å². The molecule has 1 fully saturated rings. The number of carbonyl (C=O) groups excluding carboxylic acids is 1. The minimum atomic E-state index is -0.816. The first-order valence-electron chi connectivity index (χ1n) is 6.21. The second-order valence-corrected chi connectivity index (χ2v) is 5.65. The summed E-state index contributed by atoms with van der Waals surface area (Å²) in [6, 6.07) is 1.29. The van der Waals surface area contributed by atoms with Gasteiger partial charge >= 0.3 is 11.0 Å². The van der Waals surface area contributed by atoms with Crippen molar-refractivity contribution in [1.29, 1.82) is 0 Å². The van der Waals surface area contributed by atoms with Crippen molar-refractivity contribution < 1.29 is 19.6 Å². The number of hydrogen-bond donors (Lipinski definition) is 1. The van der Waals surface area contributed by atoms with Crippen molar-refractivity contribution in [2.75, 3.05) is 13.1 Å². The predicted octanol–water partition coefficient (Wildman–Crippen LogP) is 1.98. The smallest absolute Gasteiger partial charge is 0.324 e. The van der Waals surface area contributed by atoms with Crippen LogP contribution in [-0.2, 0) is 4.79 Å². The monoisotopic (exact) mass is 298 g/mol. The zero-order chi connectivity index (χ0) is 14.7. The van der Waals surface area contributed by atoms with Crippen molar-refractivity contribution in [3.05, 3.63) is 27.1 Å². The van der Waals surface area contributed by atoms with Crippen molar-refractivity contribution in [2.45, 2.75) is 19.3 Å². The Morgan fingerprint density at radius 3 is 2.60 bits per heavy atom. The number of carboxylic acid groups (broad SMARTS) is 1. The predicted molar refractivity (Wildman–Crippen MR) is 71.9 cm³/mol. The summed E-state index contributed by atoms with van der Waals surface area (Å²) in [5, 5.41) is 20.8. The summed E-state index contributed by atoms with van der Waals surface area (Å²) in [5.41, 5.74) is 0.332. The minimum Gasteiger partial charge on any atom is -0.481 e. The number of hydrogen-bond acceptors (Lipinski definition) is 5. The minimum absolute atomic E-state index is 0.0471. The second kappa shape index (κ2) is 6.00. The number of amides is 1. The Labute approximate surface area is 119 Å². The van der Waals surface area contributed by atoms with E-state index in [4.69, 9.17) is 5.11 Å². The molecular weight excluding hydrogens is 284 g/mol. The fourth-order valence-electron chi connectivity index (χ4n) is 2.30. The van der Waals surface area contributed by atoms with Gasteiger partial charge in [0.2, 0.25) is 0 Å². The molecule has 0 aromatic carbocycles. The number of rotatable bonds is 4. The first-order chi connectivity index (χ1) is 9.47. The van der Waals surface area contributed by atoms with Crippen LogP contribution >= 0.6 is 11.3 Å². The average molecular weight is 298 g/mol. The molecule has 0 spiro atoms. The Morgan fingerprint density at radius 1 is 1.45 bits per heavy atom. The lowest BCUT2D eigenvalue weighted by Crippen LogP contribution is -2.38. The molecule has 8 heteroatoms. The molecular formula is C12H14N2O5S. The Balaban J connectivity index is 1.94. The summed E-state index contributed by atoms with van der Waals surface area (Å²) in [4.78, 5) is 34.5. The van der Waals surface area contributed by atoms with Gasteiger partial charge in [0.05, 0.1) is 10.5 Å². The van der Waals surface area contributed by atoms with Crippen LogP contribution in [0.5, 0.6) is 0 Å². The third-order valence-corrected chi connectivity index (χ3v) is 4.26. The number of nitrogens with zero attached hydrogens (tertiary/aromatic N) is 2. The molecule has 20 heavy (non-hydrogen) atoms. The van der Waals surface area contributed by atoms with Gasteiger partial charge in [0.1, 0.15) is 0 Å². The lowest BCUT2D eigenvalue weighted by atomic mass is 9.93. The highest BCUT2D eigenvalue weighted by Gasteiger charge is 2.26. The van der Waals surface area contributed by atoms with Crippen LogP contribution in [0.3, 0.4) is 0 Å².